The molecule has 2 heterocycles. The largest absolute Gasteiger partial charge is 0.375 e. The molecule has 1 unspecified atom stereocenters. The third-order valence-electron chi connectivity index (χ3n) is 6.33. The van der Waals surface area contributed by atoms with Crippen LogP contribution in [0.2, 0.25) is 0 Å². The van der Waals surface area contributed by atoms with Gasteiger partial charge in [0.1, 0.15) is 18.0 Å². The van der Waals surface area contributed by atoms with Gasteiger partial charge < -0.3 is 20.5 Å². The van der Waals surface area contributed by atoms with Crippen LogP contribution in [0.25, 0.3) is 0 Å². The number of carbonyl (C=O) groups is 1. The van der Waals surface area contributed by atoms with Gasteiger partial charge in [0.05, 0.1) is 23.7 Å². The van der Waals surface area contributed by atoms with Gasteiger partial charge in [-0.05, 0) is 36.1 Å². The number of carbonyl (C=O) groups excluding carboxylic acids is 1. The lowest BCUT2D eigenvalue weighted by Crippen LogP contribution is -2.53. The fourth-order valence-electron chi connectivity index (χ4n) is 4.35. The van der Waals surface area contributed by atoms with E-state index in [0.717, 1.165) is 5.56 Å². The number of benzene rings is 2. The molecular weight excluding hydrogens is 435 g/mol. The second kappa shape index (κ2) is 8.90. The SMILES string of the molecule is C[C@@H]1NC[C@@H](c2ccccc2)S(=O)(=O)C1Cc1ccc(C2(OCC(N)=O)COC2)cc1F. The molecular formula is C23H27FN2O5S. The smallest absolute Gasteiger partial charge is 0.243 e. The van der Waals surface area contributed by atoms with E-state index >= 15 is 4.39 Å². The van der Waals surface area contributed by atoms with Crippen LogP contribution in [0.1, 0.15) is 28.9 Å². The van der Waals surface area contributed by atoms with Crippen molar-refractivity contribution in [3.05, 3.63) is 71.0 Å². The normalized spacial score (nSPS) is 26.2. The second-order valence-corrected chi connectivity index (χ2v) is 10.8. The number of sulfone groups is 1. The number of ether oxygens (including phenoxy) is 2. The molecule has 2 saturated heterocycles. The molecule has 4 rings (SSSR count). The zero-order valence-electron chi connectivity index (χ0n) is 17.8. The number of primary amides is 1. The van der Waals surface area contributed by atoms with E-state index in [-0.39, 0.29) is 32.3 Å². The minimum atomic E-state index is -3.56. The highest BCUT2D eigenvalue weighted by Gasteiger charge is 2.44. The van der Waals surface area contributed by atoms with Gasteiger partial charge in [-0.1, -0.05) is 42.5 Å². The molecule has 2 aliphatic heterocycles. The van der Waals surface area contributed by atoms with Crippen molar-refractivity contribution < 1.29 is 27.1 Å². The second-order valence-electron chi connectivity index (χ2n) is 8.48. The molecule has 2 aliphatic rings. The maximum absolute atomic E-state index is 15.1. The van der Waals surface area contributed by atoms with Crippen LogP contribution in [0.15, 0.2) is 48.5 Å². The molecule has 32 heavy (non-hydrogen) atoms. The number of halogens is 1. The molecule has 0 saturated carbocycles. The van der Waals surface area contributed by atoms with Gasteiger partial charge in [0, 0.05) is 12.6 Å². The van der Waals surface area contributed by atoms with Crippen molar-refractivity contribution >= 4 is 15.7 Å². The molecule has 9 heteroatoms. The summed E-state index contributed by atoms with van der Waals surface area (Å²) in [5.74, 6) is -1.13. The fraction of sp³-hybridized carbons (Fsp3) is 0.435. The van der Waals surface area contributed by atoms with Crippen LogP contribution in [0.4, 0.5) is 4.39 Å². The predicted molar refractivity (Wildman–Crippen MR) is 117 cm³/mol. The molecule has 0 aliphatic carbocycles. The minimum absolute atomic E-state index is 0.0532. The van der Waals surface area contributed by atoms with Crippen molar-refractivity contribution in [2.75, 3.05) is 26.4 Å². The Morgan fingerprint density at radius 3 is 2.56 bits per heavy atom. The predicted octanol–water partition coefficient (Wildman–Crippen LogP) is 1.61. The van der Waals surface area contributed by atoms with Crippen LogP contribution in [0.5, 0.6) is 0 Å². The monoisotopic (exact) mass is 462 g/mol. The van der Waals surface area contributed by atoms with Gasteiger partial charge in [-0.15, -0.1) is 0 Å². The third kappa shape index (κ3) is 4.30. The zero-order valence-corrected chi connectivity index (χ0v) is 18.6. The van der Waals surface area contributed by atoms with Crippen LogP contribution in [-0.4, -0.2) is 52.0 Å². The van der Waals surface area contributed by atoms with E-state index in [0.29, 0.717) is 17.7 Å². The summed E-state index contributed by atoms with van der Waals surface area (Å²) in [4.78, 5) is 11.1. The average Bonchev–Trinajstić information content (AvgIpc) is 2.72. The van der Waals surface area contributed by atoms with E-state index in [2.05, 4.69) is 5.32 Å². The van der Waals surface area contributed by atoms with Crippen LogP contribution < -0.4 is 11.1 Å². The van der Waals surface area contributed by atoms with E-state index in [1.165, 1.54) is 6.07 Å². The first-order valence-electron chi connectivity index (χ1n) is 10.5. The molecule has 7 nitrogen and oxygen atoms in total. The van der Waals surface area contributed by atoms with Crippen LogP contribution >= 0.6 is 0 Å². The van der Waals surface area contributed by atoms with Crippen LogP contribution in [0.3, 0.4) is 0 Å². The maximum atomic E-state index is 15.1. The number of nitrogens with one attached hydrogen (secondary N) is 1. The lowest BCUT2D eigenvalue weighted by atomic mass is 9.90. The highest BCUT2D eigenvalue weighted by atomic mass is 32.2. The highest BCUT2D eigenvalue weighted by molar-refractivity contribution is 7.92. The van der Waals surface area contributed by atoms with Crippen LogP contribution in [0, 0.1) is 5.82 Å². The van der Waals surface area contributed by atoms with Crippen molar-refractivity contribution in [1.82, 2.24) is 5.32 Å². The molecule has 1 amide bonds. The third-order valence-corrected chi connectivity index (χ3v) is 8.99. The molecule has 2 aromatic carbocycles. The summed E-state index contributed by atoms with van der Waals surface area (Å²) in [6.45, 7) is 2.22. The molecule has 3 atom stereocenters. The number of amides is 1. The summed E-state index contributed by atoms with van der Waals surface area (Å²) in [5, 5.41) is 1.83. The van der Waals surface area contributed by atoms with Gasteiger partial charge in [0.2, 0.25) is 5.91 Å². The van der Waals surface area contributed by atoms with E-state index in [9.17, 15) is 13.2 Å². The first-order chi connectivity index (χ1) is 15.2. The first-order valence-corrected chi connectivity index (χ1v) is 12.1. The lowest BCUT2D eigenvalue weighted by Gasteiger charge is -2.41. The summed E-state index contributed by atoms with van der Waals surface area (Å²) < 4.78 is 52.8. The minimum Gasteiger partial charge on any atom is -0.375 e. The Bertz CT molecular complexity index is 1090. The van der Waals surface area contributed by atoms with Gasteiger partial charge in [0.15, 0.2) is 9.84 Å². The Hall–Kier alpha value is -2.33. The molecule has 0 spiro atoms. The molecule has 2 fully saturated rings. The summed E-state index contributed by atoms with van der Waals surface area (Å²) in [6, 6.07) is 13.4. The summed E-state index contributed by atoms with van der Waals surface area (Å²) in [7, 11) is -3.56. The van der Waals surface area contributed by atoms with Gasteiger partial charge >= 0.3 is 0 Å². The molecule has 3 N–H and O–H groups in total. The van der Waals surface area contributed by atoms with Crippen molar-refractivity contribution in [3.63, 3.8) is 0 Å². The molecule has 0 aromatic heterocycles. The Kier molecular flexibility index (Phi) is 6.35. The Morgan fingerprint density at radius 2 is 1.97 bits per heavy atom. The van der Waals surface area contributed by atoms with Gasteiger partial charge in [-0.25, -0.2) is 12.8 Å². The van der Waals surface area contributed by atoms with Gasteiger partial charge in [-0.3, -0.25) is 4.79 Å². The number of rotatable bonds is 7. The Morgan fingerprint density at radius 1 is 1.25 bits per heavy atom. The van der Waals surface area contributed by atoms with Gasteiger partial charge in [-0.2, -0.15) is 0 Å². The zero-order chi connectivity index (χ0) is 22.9. The average molecular weight is 463 g/mol. The first kappa shape index (κ1) is 22.8. The summed E-state index contributed by atoms with van der Waals surface area (Å²) >= 11 is 0. The van der Waals surface area contributed by atoms with Crippen molar-refractivity contribution in [2.45, 2.75) is 35.5 Å². The van der Waals surface area contributed by atoms with Crippen LogP contribution in [-0.2, 0) is 36.1 Å². The lowest BCUT2D eigenvalue weighted by molar-refractivity contribution is -0.215. The number of hydrogen-bond donors (Lipinski definition) is 2. The topological polar surface area (TPSA) is 108 Å². The summed E-state index contributed by atoms with van der Waals surface area (Å²) in [6.07, 6.45) is 0.0532. The van der Waals surface area contributed by atoms with Crippen molar-refractivity contribution in [2.24, 2.45) is 5.73 Å². The quantitative estimate of drug-likeness (QED) is 0.647. The van der Waals surface area contributed by atoms with E-state index in [1.807, 2.05) is 25.1 Å². The summed E-state index contributed by atoms with van der Waals surface area (Å²) in [5.41, 5.74) is 5.82. The van der Waals surface area contributed by atoms with Gasteiger partial charge in [0.25, 0.3) is 0 Å². The van der Waals surface area contributed by atoms with E-state index in [1.54, 1.807) is 24.3 Å². The standard InChI is InChI=1S/C23H27FN2O5S/c1-15-20(32(28,29)21(11-26-15)16-5-3-2-4-6-16)9-17-7-8-18(10-19(17)24)23(13-30-14-23)31-12-22(25)27/h2-8,10,15,20-21,26H,9,11-14H2,1H3,(H2,25,27)/t15-,20?,21-/m0/s1. The number of hydrogen-bond acceptors (Lipinski definition) is 6. The molecule has 0 bridgehead atoms. The molecule has 0 radical (unpaired) electrons. The number of nitrogens with two attached hydrogens (primary N) is 1. The van der Waals surface area contributed by atoms with Crippen molar-refractivity contribution in [3.8, 4) is 0 Å². The fourth-order valence-corrected chi connectivity index (χ4v) is 6.71. The van der Waals surface area contributed by atoms with E-state index in [4.69, 9.17) is 15.2 Å². The molecule has 172 valence electrons. The maximum Gasteiger partial charge on any atom is 0.243 e. The molecule has 2 aromatic rings. The highest BCUT2D eigenvalue weighted by Crippen LogP contribution is 2.36. The Labute approximate surface area is 187 Å². The Balaban J connectivity index is 1.57. The van der Waals surface area contributed by atoms with Crippen molar-refractivity contribution in [1.29, 1.82) is 0 Å². The van der Waals surface area contributed by atoms with E-state index < -0.39 is 37.7 Å².